The first-order chi connectivity index (χ1) is 11.3. The molecule has 2 aromatic carbocycles. The Morgan fingerprint density at radius 3 is 2.57 bits per heavy atom. The minimum atomic E-state index is 0.0303. The maximum Gasteiger partial charge on any atom is 0.123 e. The van der Waals surface area contributed by atoms with Crippen molar-refractivity contribution in [3.63, 3.8) is 0 Å². The summed E-state index contributed by atoms with van der Waals surface area (Å²) in [5, 5.41) is 7.57. The molecule has 0 aliphatic carbocycles. The van der Waals surface area contributed by atoms with Crippen molar-refractivity contribution in [1.29, 1.82) is 0 Å². The average Bonchev–Trinajstić information content (AvgIpc) is 3.08. The number of nitrogens with two attached hydrogens (primary N) is 1. The van der Waals surface area contributed by atoms with Crippen LogP contribution in [-0.4, -0.2) is 23.3 Å². The first kappa shape index (κ1) is 15.3. The van der Waals surface area contributed by atoms with E-state index < -0.39 is 0 Å². The molecule has 118 valence electrons. The predicted molar refractivity (Wildman–Crippen MR) is 92.5 cm³/mol. The van der Waals surface area contributed by atoms with E-state index in [0.717, 1.165) is 28.3 Å². The molecule has 0 aliphatic rings. The number of ether oxygens (including phenoxy) is 1. The van der Waals surface area contributed by atoms with Gasteiger partial charge in [-0.05, 0) is 19.1 Å². The fourth-order valence-corrected chi connectivity index (χ4v) is 2.75. The van der Waals surface area contributed by atoms with Crippen LogP contribution in [0, 0.1) is 0 Å². The zero-order chi connectivity index (χ0) is 16.1. The Hall–Kier alpha value is -2.59. The van der Waals surface area contributed by atoms with Crippen molar-refractivity contribution >= 4 is 0 Å². The number of nitrogens with one attached hydrogen (secondary N) is 1. The lowest BCUT2D eigenvalue weighted by Crippen LogP contribution is -2.15. The molecule has 1 aromatic heterocycles. The Bertz CT molecular complexity index is 752. The highest BCUT2D eigenvalue weighted by Gasteiger charge is 2.19. The van der Waals surface area contributed by atoms with Crippen molar-refractivity contribution < 1.29 is 4.74 Å². The van der Waals surface area contributed by atoms with Crippen molar-refractivity contribution in [2.45, 2.75) is 12.8 Å². The van der Waals surface area contributed by atoms with Gasteiger partial charge in [0, 0.05) is 29.3 Å². The van der Waals surface area contributed by atoms with Gasteiger partial charge in [-0.2, -0.15) is 5.10 Å². The third kappa shape index (κ3) is 3.27. The van der Waals surface area contributed by atoms with Gasteiger partial charge < -0.3 is 10.5 Å². The fraction of sp³-hybridized carbons (Fsp3) is 0.211. The van der Waals surface area contributed by atoms with E-state index >= 15 is 0 Å². The maximum absolute atomic E-state index is 6.05. The second-order valence-electron chi connectivity index (χ2n) is 5.33. The molecule has 3 rings (SSSR count). The van der Waals surface area contributed by atoms with E-state index in [1.807, 2.05) is 55.5 Å². The Morgan fingerprint density at radius 1 is 1.09 bits per heavy atom. The molecule has 0 amide bonds. The molecule has 1 atom stereocenters. The number of H-pyrrole nitrogens is 1. The standard InChI is InChI=1S/C19H21N3O/c1-2-23-19-11-7-6-10-15(19)16(13-20)18-12-17(21-22-18)14-8-4-3-5-9-14/h3-12,16H,2,13,20H2,1H3,(H,21,22). The average molecular weight is 307 g/mol. The van der Waals surface area contributed by atoms with Crippen molar-refractivity contribution in [3.8, 4) is 17.0 Å². The van der Waals surface area contributed by atoms with Crippen molar-refractivity contribution in [2.24, 2.45) is 5.73 Å². The second-order valence-corrected chi connectivity index (χ2v) is 5.33. The molecule has 0 spiro atoms. The fourth-order valence-electron chi connectivity index (χ4n) is 2.75. The van der Waals surface area contributed by atoms with Gasteiger partial charge in [0.1, 0.15) is 5.75 Å². The zero-order valence-corrected chi connectivity index (χ0v) is 13.2. The van der Waals surface area contributed by atoms with Crippen LogP contribution in [0.1, 0.15) is 24.1 Å². The molecule has 0 saturated carbocycles. The summed E-state index contributed by atoms with van der Waals surface area (Å²) < 4.78 is 5.74. The van der Waals surface area contributed by atoms with Crippen LogP contribution in [0.3, 0.4) is 0 Å². The van der Waals surface area contributed by atoms with Gasteiger partial charge in [-0.1, -0.05) is 48.5 Å². The van der Waals surface area contributed by atoms with E-state index in [1.165, 1.54) is 0 Å². The van der Waals surface area contributed by atoms with Gasteiger partial charge in [0.05, 0.1) is 12.3 Å². The summed E-state index contributed by atoms with van der Waals surface area (Å²) in [6.45, 7) is 3.10. The third-order valence-electron chi connectivity index (χ3n) is 3.87. The Kier molecular flexibility index (Phi) is 4.74. The predicted octanol–water partition coefficient (Wildman–Crippen LogP) is 3.57. The summed E-state index contributed by atoms with van der Waals surface area (Å²) in [4.78, 5) is 0. The van der Waals surface area contributed by atoms with Gasteiger partial charge in [-0.3, -0.25) is 5.10 Å². The zero-order valence-electron chi connectivity index (χ0n) is 13.2. The van der Waals surface area contributed by atoms with E-state index in [4.69, 9.17) is 10.5 Å². The molecule has 1 heterocycles. The van der Waals surface area contributed by atoms with Crippen molar-refractivity contribution in [2.75, 3.05) is 13.2 Å². The minimum Gasteiger partial charge on any atom is -0.494 e. The number of rotatable bonds is 6. The maximum atomic E-state index is 6.05. The van der Waals surface area contributed by atoms with Crippen LogP contribution in [0.5, 0.6) is 5.75 Å². The van der Waals surface area contributed by atoms with Gasteiger partial charge >= 0.3 is 0 Å². The summed E-state index contributed by atoms with van der Waals surface area (Å²) in [7, 11) is 0. The van der Waals surface area contributed by atoms with Gasteiger partial charge in [-0.15, -0.1) is 0 Å². The second kappa shape index (κ2) is 7.11. The normalized spacial score (nSPS) is 12.1. The lowest BCUT2D eigenvalue weighted by molar-refractivity contribution is 0.335. The number of nitrogens with zero attached hydrogens (tertiary/aromatic N) is 1. The molecule has 0 saturated heterocycles. The van der Waals surface area contributed by atoms with Gasteiger partial charge in [0.25, 0.3) is 0 Å². The highest BCUT2D eigenvalue weighted by atomic mass is 16.5. The number of hydrogen-bond acceptors (Lipinski definition) is 3. The van der Waals surface area contributed by atoms with Crippen LogP contribution in [0.25, 0.3) is 11.3 Å². The number of aromatic nitrogens is 2. The summed E-state index contributed by atoms with van der Waals surface area (Å²) in [6.07, 6.45) is 0. The SMILES string of the molecule is CCOc1ccccc1C(CN)c1cc(-c2ccccc2)n[nH]1. The number of benzene rings is 2. The van der Waals surface area contributed by atoms with Gasteiger partial charge in [-0.25, -0.2) is 0 Å². The molecule has 3 aromatic rings. The monoisotopic (exact) mass is 307 g/mol. The first-order valence-electron chi connectivity index (χ1n) is 7.86. The van der Waals surface area contributed by atoms with Crippen molar-refractivity contribution in [3.05, 3.63) is 71.9 Å². The van der Waals surface area contributed by atoms with Crippen LogP contribution < -0.4 is 10.5 Å². The summed E-state index contributed by atoms with van der Waals surface area (Å²) in [5.41, 5.74) is 10.1. The highest BCUT2D eigenvalue weighted by molar-refractivity contribution is 5.59. The van der Waals surface area contributed by atoms with Crippen LogP contribution in [0.15, 0.2) is 60.7 Å². The number of para-hydroxylation sites is 1. The van der Waals surface area contributed by atoms with Gasteiger partial charge in [0.15, 0.2) is 0 Å². The number of hydrogen-bond donors (Lipinski definition) is 2. The summed E-state index contributed by atoms with van der Waals surface area (Å²) >= 11 is 0. The first-order valence-corrected chi connectivity index (χ1v) is 7.86. The molecule has 23 heavy (non-hydrogen) atoms. The Labute approximate surface area is 136 Å². The largest absolute Gasteiger partial charge is 0.494 e. The molecule has 0 radical (unpaired) electrons. The summed E-state index contributed by atoms with van der Waals surface area (Å²) in [5.74, 6) is 0.907. The molecule has 3 N–H and O–H groups in total. The van der Waals surface area contributed by atoms with Crippen LogP contribution in [0.2, 0.25) is 0 Å². The quantitative estimate of drug-likeness (QED) is 0.732. The molecular weight excluding hydrogens is 286 g/mol. The van der Waals surface area contributed by atoms with E-state index in [0.29, 0.717) is 13.2 Å². The molecule has 4 nitrogen and oxygen atoms in total. The van der Waals surface area contributed by atoms with Crippen molar-refractivity contribution in [1.82, 2.24) is 10.2 Å². The molecule has 0 fully saturated rings. The van der Waals surface area contributed by atoms with Crippen LogP contribution in [-0.2, 0) is 0 Å². The molecule has 4 heteroatoms. The molecular formula is C19H21N3O. The molecule has 1 unspecified atom stereocenters. The topological polar surface area (TPSA) is 63.9 Å². The van der Waals surface area contributed by atoms with Gasteiger partial charge in [0.2, 0.25) is 0 Å². The third-order valence-corrected chi connectivity index (χ3v) is 3.87. The Balaban J connectivity index is 1.95. The highest BCUT2D eigenvalue weighted by Crippen LogP contribution is 2.31. The minimum absolute atomic E-state index is 0.0303. The lowest BCUT2D eigenvalue weighted by atomic mass is 9.94. The van der Waals surface area contributed by atoms with E-state index in [9.17, 15) is 0 Å². The number of aromatic amines is 1. The molecule has 0 aliphatic heterocycles. The van der Waals surface area contributed by atoms with E-state index in [2.05, 4.69) is 22.3 Å². The van der Waals surface area contributed by atoms with E-state index in [-0.39, 0.29) is 5.92 Å². The lowest BCUT2D eigenvalue weighted by Gasteiger charge is -2.17. The summed E-state index contributed by atoms with van der Waals surface area (Å²) in [6, 6.07) is 20.2. The van der Waals surface area contributed by atoms with Crippen LogP contribution >= 0.6 is 0 Å². The van der Waals surface area contributed by atoms with Crippen LogP contribution in [0.4, 0.5) is 0 Å². The smallest absolute Gasteiger partial charge is 0.123 e. The van der Waals surface area contributed by atoms with E-state index in [1.54, 1.807) is 0 Å². The Morgan fingerprint density at radius 2 is 1.83 bits per heavy atom. The molecule has 0 bridgehead atoms.